The Kier molecular flexibility index (Phi) is 6.84. The van der Waals surface area contributed by atoms with Gasteiger partial charge in [0.1, 0.15) is 15.7 Å². The summed E-state index contributed by atoms with van der Waals surface area (Å²) in [6.45, 7) is 6.73. The topological polar surface area (TPSA) is 62.3 Å². The van der Waals surface area contributed by atoms with Crippen molar-refractivity contribution in [2.75, 3.05) is 18.4 Å². The van der Waals surface area contributed by atoms with Crippen LogP contribution in [0.15, 0.2) is 42.5 Å². The van der Waals surface area contributed by atoms with Crippen LogP contribution in [0.4, 0.5) is 10.1 Å². The van der Waals surface area contributed by atoms with Gasteiger partial charge in [0.2, 0.25) is 0 Å². The highest BCUT2D eigenvalue weighted by atomic mass is 35.5. The SMILES string of the molecule is CCN(CC)C(=O)c1ccc(NC(=O)c2sc(-c3ccc(F)cc3)nc2C)cc1Cl. The summed E-state index contributed by atoms with van der Waals surface area (Å²) in [5, 5.41) is 3.71. The predicted molar refractivity (Wildman–Crippen MR) is 119 cm³/mol. The van der Waals surface area contributed by atoms with Gasteiger partial charge >= 0.3 is 0 Å². The Labute approximate surface area is 183 Å². The number of nitrogens with one attached hydrogen (secondary N) is 1. The van der Waals surface area contributed by atoms with Gasteiger partial charge in [-0.25, -0.2) is 9.37 Å². The molecule has 30 heavy (non-hydrogen) atoms. The summed E-state index contributed by atoms with van der Waals surface area (Å²) in [7, 11) is 0. The number of rotatable bonds is 6. The number of hydrogen-bond donors (Lipinski definition) is 1. The van der Waals surface area contributed by atoms with Crippen molar-refractivity contribution >= 4 is 40.4 Å². The minimum absolute atomic E-state index is 0.148. The van der Waals surface area contributed by atoms with Crippen LogP contribution in [0, 0.1) is 12.7 Å². The average molecular weight is 446 g/mol. The van der Waals surface area contributed by atoms with E-state index in [0.29, 0.717) is 39.9 Å². The molecule has 3 rings (SSSR count). The molecule has 0 aliphatic heterocycles. The van der Waals surface area contributed by atoms with Crippen molar-refractivity contribution in [1.82, 2.24) is 9.88 Å². The number of carbonyl (C=O) groups excluding carboxylic acids is 2. The lowest BCUT2D eigenvalue weighted by atomic mass is 10.1. The zero-order valence-electron chi connectivity index (χ0n) is 16.8. The Balaban J connectivity index is 1.79. The smallest absolute Gasteiger partial charge is 0.267 e. The van der Waals surface area contributed by atoms with Gasteiger partial charge in [-0.1, -0.05) is 11.6 Å². The summed E-state index contributed by atoms with van der Waals surface area (Å²) in [5.74, 6) is -0.799. The number of anilines is 1. The van der Waals surface area contributed by atoms with Gasteiger partial charge in [-0.05, 0) is 63.2 Å². The molecule has 0 saturated heterocycles. The zero-order chi connectivity index (χ0) is 21.8. The predicted octanol–water partition coefficient (Wildman–Crippen LogP) is 5.65. The lowest BCUT2D eigenvalue weighted by Crippen LogP contribution is -2.30. The number of amides is 2. The van der Waals surface area contributed by atoms with E-state index < -0.39 is 0 Å². The fraction of sp³-hybridized carbons (Fsp3) is 0.227. The Bertz CT molecular complexity index is 1080. The first kappa shape index (κ1) is 21.9. The number of hydrogen-bond acceptors (Lipinski definition) is 4. The van der Waals surface area contributed by atoms with Crippen molar-refractivity contribution in [3.05, 3.63) is 69.4 Å². The first-order valence-corrected chi connectivity index (χ1v) is 10.7. The van der Waals surface area contributed by atoms with Crippen molar-refractivity contribution < 1.29 is 14.0 Å². The van der Waals surface area contributed by atoms with Crippen LogP contribution in [-0.2, 0) is 0 Å². The zero-order valence-corrected chi connectivity index (χ0v) is 18.4. The van der Waals surface area contributed by atoms with Crippen molar-refractivity contribution in [1.29, 1.82) is 0 Å². The molecule has 3 aromatic rings. The normalized spacial score (nSPS) is 10.7. The number of thiazole rings is 1. The van der Waals surface area contributed by atoms with Crippen LogP contribution in [0.5, 0.6) is 0 Å². The number of benzene rings is 2. The van der Waals surface area contributed by atoms with E-state index in [4.69, 9.17) is 11.6 Å². The van der Waals surface area contributed by atoms with Gasteiger partial charge in [0.15, 0.2) is 0 Å². The molecule has 2 amide bonds. The molecule has 0 aliphatic carbocycles. The highest BCUT2D eigenvalue weighted by Crippen LogP contribution is 2.29. The summed E-state index contributed by atoms with van der Waals surface area (Å²) in [6.07, 6.45) is 0. The molecule has 0 bridgehead atoms. The van der Waals surface area contributed by atoms with E-state index >= 15 is 0 Å². The highest BCUT2D eigenvalue weighted by molar-refractivity contribution is 7.17. The van der Waals surface area contributed by atoms with Crippen molar-refractivity contribution in [2.45, 2.75) is 20.8 Å². The Morgan fingerprint density at radius 3 is 2.40 bits per heavy atom. The van der Waals surface area contributed by atoms with E-state index in [9.17, 15) is 14.0 Å². The first-order valence-electron chi connectivity index (χ1n) is 9.47. The lowest BCUT2D eigenvalue weighted by molar-refractivity contribution is 0.0773. The maximum absolute atomic E-state index is 13.1. The van der Waals surface area contributed by atoms with Crippen LogP contribution >= 0.6 is 22.9 Å². The average Bonchev–Trinajstić information content (AvgIpc) is 3.11. The Morgan fingerprint density at radius 1 is 1.13 bits per heavy atom. The van der Waals surface area contributed by atoms with Gasteiger partial charge in [0, 0.05) is 24.3 Å². The number of halogens is 2. The monoisotopic (exact) mass is 445 g/mol. The van der Waals surface area contributed by atoms with Crippen LogP contribution in [-0.4, -0.2) is 34.8 Å². The van der Waals surface area contributed by atoms with E-state index in [1.165, 1.54) is 23.5 Å². The van der Waals surface area contributed by atoms with Gasteiger partial charge in [0.25, 0.3) is 11.8 Å². The minimum Gasteiger partial charge on any atom is -0.339 e. The second kappa shape index (κ2) is 9.36. The van der Waals surface area contributed by atoms with Crippen LogP contribution in [0.3, 0.4) is 0 Å². The highest BCUT2D eigenvalue weighted by Gasteiger charge is 2.19. The third kappa shape index (κ3) is 4.68. The molecule has 8 heteroatoms. The number of carbonyl (C=O) groups is 2. The summed E-state index contributed by atoms with van der Waals surface area (Å²) >= 11 is 7.53. The van der Waals surface area contributed by atoms with E-state index in [0.717, 1.165) is 5.56 Å². The second-order valence-corrected chi connectivity index (χ2v) is 7.97. The van der Waals surface area contributed by atoms with Crippen LogP contribution in [0.25, 0.3) is 10.6 Å². The largest absolute Gasteiger partial charge is 0.339 e. The quantitative estimate of drug-likeness (QED) is 0.533. The second-order valence-electron chi connectivity index (χ2n) is 6.57. The molecule has 0 saturated carbocycles. The molecular formula is C22H21ClFN3O2S. The fourth-order valence-corrected chi connectivity index (χ4v) is 4.19. The van der Waals surface area contributed by atoms with E-state index in [2.05, 4.69) is 10.3 Å². The molecule has 1 aromatic heterocycles. The van der Waals surface area contributed by atoms with Crippen molar-refractivity contribution in [2.24, 2.45) is 0 Å². The molecule has 0 radical (unpaired) electrons. The molecule has 156 valence electrons. The van der Waals surface area contributed by atoms with Gasteiger partial charge in [-0.2, -0.15) is 0 Å². The van der Waals surface area contributed by atoms with Gasteiger partial charge in [-0.15, -0.1) is 11.3 Å². The molecule has 0 fully saturated rings. The van der Waals surface area contributed by atoms with Crippen molar-refractivity contribution in [3.63, 3.8) is 0 Å². The summed E-state index contributed by atoms with van der Waals surface area (Å²) in [5.41, 5.74) is 2.20. The van der Waals surface area contributed by atoms with Crippen molar-refractivity contribution in [3.8, 4) is 10.6 Å². The maximum atomic E-state index is 13.1. The molecule has 2 aromatic carbocycles. The molecule has 0 atom stereocenters. The molecule has 5 nitrogen and oxygen atoms in total. The number of aromatic nitrogens is 1. The van der Waals surface area contributed by atoms with Crippen LogP contribution < -0.4 is 5.32 Å². The van der Waals surface area contributed by atoms with Crippen LogP contribution in [0.2, 0.25) is 5.02 Å². The maximum Gasteiger partial charge on any atom is 0.267 e. The Morgan fingerprint density at radius 2 is 1.80 bits per heavy atom. The number of nitrogens with zero attached hydrogens (tertiary/aromatic N) is 2. The van der Waals surface area contributed by atoms with E-state index in [1.54, 1.807) is 42.2 Å². The van der Waals surface area contributed by atoms with Crippen LogP contribution in [0.1, 0.15) is 39.6 Å². The first-order chi connectivity index (χ1) is 14.3. The summed E-state index contributed by atoms with van der Waals surface area (Å²) in [4.78, 5) is 31.8. The van der Waals surface area contributed by atoms with Gasteiger partial charge < -0.3 is 10.2 Å². The van der Waals surface area contributed by atoms with Gasteiger partial charge in [-0.3, -0.25) is 9.59 Å². The minimum atomic E-state index is -0.329. The van der Waals surface area contributed by atoms with Gasteiger partial charge in [0.05, 0.1) is 16.3 Å². The molecule has 0 spiro atoms. The third-order valence-electron chi connectivity index (χ3n) is 4.60. The molecule has 0 unspecified atom stereocenters. The lowest BCUT2D eigenvalue weighted by Gasteiger charge is -2.19. The summed E-state index contributed by atoms with van der Waals surface area (Å²) < 4.78 is 13.1. The molecule has 0 aliphatic rings. The fourth-order valence-electron chi connectivity index (χ4n) is 2.96. The summed E-state index contributed by atoms with van der Waals surface area (Å²) in [6, 6.07) is 10.8. The van der Waals surface area contributed by atoms with E-state index in [1.807, 2.05) is 13.8 Å². The Hall–Kier alpha value is -2.77. The number of aryl methyl sites for hydroxylation is 1. The van der Waals surface area contributed by atoms with E-state index in [-0.39, 0.29) is 22.7 Å². The molecule has 1 N–H and O–H groups in total. The third-order valence-corrected chi connectivity index (χ3v) is 6.12. The standard InChI is InChI=1S/C22H21ClFN3O2S/c1-4-27(5-2)22(29)17-11-10-16(12-18(17)23)26-20(28)19-13(3)25-21(30-19)14-6-8-15(24)9-7-14/h6-12H,4-5H2,1-3H3,(H,26,28). The molecule has 1 heterocycles. The molecular weight excluding hydrogens is 425 g/mol.